The predicted octanol–water partition coefficient (Wildman–Crippen LogP) is 1.45. The number of hydrogen-bond acceptors (Lipinski definition) is 4. The number of rotatable bonds is 4. The van der Waals surface area contributed by atoms with E-state index in [0.717, 1.165) is 25.5 Å². The van der Waals surface area contributed by atoms with E-state index in [-0.39, 0.29) is 0 Å². The Morgan fingerprint density at radius 1 is 1.44 bits per heavy atom. The molecule has 2 heterocycles. The van der Waals surface area contributed by atoms with E-state index < -0.39 is 0 Å². The Labute approximate surface area is 97.1 Å². The Morgan fingerprint density at radius 3 is 2.88 bits per heavy atom. The normalized spacial score (nSPS) is 17.7. The standard InChI is InChI=1S/C12H20N4/c1-2-7-13-11-5-9-16(10-6-11)12-4-3-8-14-15-12/h3-4,8,11,13H,2,5-7,9-10H2,1H3. The third-order valence-corrected chi connectivity index (χ3v) is 3.06. The molecule has 0 bridgehead atoms. The molecular weight excluding hydrogens is 200 g/mol. The van der Waals surface area contributed by atoms with Gasteiger partial charge in [-0.2, -0.15) is 5.10 Å². The summed E-state index contributed by atoms with van der Waals surface area (Å²) in [5, 5.41) is 11.6. The fourth-order valence-electron chi connectivity index (χ4n) is 2.12. The van der Waals surface area contributed by atoms with E-state index in [1.54, 1.807) is 6.20 Å². The zero-order valence-electron chi connectivity index (χ0n) is 9.89. The minimum atomic E-state index is 0.688. The highest BCUT2D eigenvalue weighted by Gasteiger charge is 2.19. The van der Waals surface area contributed by atoms with Gasteiger partial charge in [-0.1, -0.05) is 6.92 Å². The zero-order chi connectivity index (χ0) is 11.2. The molecule has 1 aliphatic rings. The number of nitrogens with one attached hydrogen (secondary N) is 1. The molecule has 1 aliphatic heterocycles. The number of hydrogen-bond donors (Lipinski definition) is 1. The minimum absolute atomic E-state index is 0.688. The number of nitrogens with zero attached hydrogens (tertiary/aromatic N) is 3. The number of piperidine rings is 1. The second-order valence-electron chi connectivity index (χ2n) is 4.30. The van der Waals surface area contributed by atoms with Crippen molar-refractivity contribution in [3.8, 4) is 0 Å². The van der Waals surface area contributed by atoms with Gasteiger partial charge in [0.25, 0.3) is 0 Å². The highest BCUT2D eigenvalue weighted by molar-refractivity contribution is 5.36. The third-order valence-electron chi connectivity index (χ3n) is 3.06. The molecule has 0 unspecified atom stereocenters. The summed E-state index contributed by atoms with van der Waals surface area (Å²) in [6.07, 6.45) is 5.34. The van der Waals surface area contributed by atoms with Crippen molar-refractivity contribution in [3.05, 3.63) is 18.3 Å². The van der Waals surface area contributed by atoms with Crippen LogP contribution in [0.25, 0.3) is 0 Å². The van der Waals surface area contributed by atoms with Gasteiger partial charge in [-0.3, -0.25) is 0 Å². The predicted molar refractivity (Wildman–Crippen MR) is 65.6 cm³/mol. The van der Waals surface area contributed by atoms with Crippen LogP contribution in [0.15, 0.2) is 18.3 Å². The van der Waals surface area contributed by atoms with Gasteiger partial charge in [-0.25, -0.2) is 0 Å². The minimum Gasteiger partial charge on any atom is -0.355 e. The van der Waals surface area contributed by atoms with Gasteiger partial charge in [0.05, 0.1) is 0 Å². The van der Waals surface area contributed by atoms with Crippen LogP contribution < -0.4 is 10.2 Å². The third kappa shape index (κ3) is 2.92. The Hall–Kier alpha value is -1.16. The van der Waals surface area contributed by atoms with Crippen molar-refractivity contribution in [2.75, 3.05) is 24.5 Å². The van der Waals surface area contributed by atoms with Crippen LogP contribution in [0.5, 0.6) is 0 Å². The molecule has 0 radical (unpaired) electrons. The first kappa shape index (κ1) is 11.3. The van der Waals surface area contributed by atoms with Crippen LogP contribution in [0.2, 0.25) is 0 Å². The van der Waals surface area contributed by atoms with Gasteiger partial charge >= 0.3 is 0 Å². The topological polar surface area (TPSA) is 41.0 Å². The quantitative estimate of drug-likeness (QED) is 0.833. The molecule has 0 spiro atoms. The molecule has 4 nitrogen and oxygen atoms in total. The van der Waals surface area contributed by atoms with Gasteiger partial charge in [-0.15, -0.1) is 5.10 Å². The van der Waals surface area contributed by atoms with E-state index in [2.05, 4.69) is 27.3 Å². The molecule has 16 heavy (non-hydrogen) atoms. The molecule has 2 rings (SSSR count). The van der Waals surface area contributed by atoms with Crippen molar-refractivity contribution in [1.29, 1.82) is 0 Å². The molecule has 0 aliphatic carbocycles. The molecule has 0 amide bonds. The molecule has 1 aromatic heterocycles. The van der Waals surface area contributed by atoms with E-state index >= 15 is 0 Å². The van der Waals surface area contributed by atoms with Gasteiger partial charge in [0.1, 0.15) is 0 Å². The van der Waals surface area contributed by atoms with Crippen LogP contribution in [0.4, 0.5) is 5.82 Å². The molecule has 88 valence electrons. The molecule has 1 aromatic rings. The summed E-state index contributed by atoms with van der Waals surface area (Å²) in [6, 6.07) is 4.67. The van der Waals surface area contributed by atoms with E-state index in [9.17, 15) is 0 Å². The lowest BCUT2D eigenvalue weighted by molar-refractivity contribution is 0.414. The van der Waals surface area contributed by atoms with E-state index in [1.165, 1.54) is 19.3 Å². The van der Waals surface area contributed by atoms with Crippen molar-refractivity contribution in [3.63, 3.8) is 0 Å². The summed E-state index contributed by atoms with van der Waals surface area (Å²) in [5.74, 6) is 1.01. The molecule has 1 saturated heterocycles. The summed E-state index contributed by atoms with van der Waals surface area (Å²) in [5.41, 5.74) is 0. The Balaban J connectivity index is 1.81. The molecular formula is C12H20N4. The lowest BCUT2D eigenvalue weighted by Gasteiger charge is -2.32. The van der Waals surface area contributed by atoms with Crippen LogP contribution in [0.3, 0.4) is 0 Å². The second-order valence-corrected chi connectivity index (χ2v) is 4.30. The van der Waals surface area contributed by atoms with E-state index in [4.69, 9.17) is 0 Å². The summed E-state index contributed by atoms with van der Waals surface area (Å²) < 4.78 is 0. The summed E-state index contributed by atoms with van der Waals surface area (Å²) in [6.45, 7) is 5.51. The van der Waals surface area contributed by atoms with Gasteiger partial charge in [0.2, 0.25) is 0 Å². The maximum Gasteiger partial charge on any atom is 0.151 e. The van der Waals surface area contributed by atoms with Crippen molar-refractivity contribution in [2.45, 2.75) is 32.2 Å². The first-order valence-electron chi connectivity index (χ1n) is 6.16. The molecule has 1 N–H and O–H groups in total. The van der Waals surface area contributed by atoms with E-state index in [1.807, 2.05) is 12.1 Å². The van der Waals surface area contributed by atoms with Gasteiger partial charge in [0.15, 0.2) is 5.82 Å². The average molecular weight is 220 g/mol. The zero-order valence-corrected chi connectivity index (χ0v) is 9.89. The van der Waals surface area contributed by atoms with Crippen molar-refractivity contribution in [2.24, 2.45) is 0 Å². The lowest BCUT2D eigenvalue weighted by Crippen LogP contribution is -2.43. The van der Waals surface area contributed by atoms with Crippen molar-refractivity contribution < 1.29 is 0 Å². The molecule has 0 atom stereocenters. The summed E-state index contributed by atoms with van der Waals surface area (Å²) >= 11 is 0. The van der Waals surface area contributed by atoms with Crippen molar-refractivity contribution in [1.82, 2.24) is 15.5 Å². The monoisotopic (exact) mass is 220 g/mol. The van der Waals surface area contributed by atoms with Crippen LogP contribution in [0.1, 0.15) is 26.2 Å². The van der Waals surface area contributed by atoms with Gasteiger partial charge < -0.3 is 10.2 Å². The Morgan fingerprint density at radius 2 is 2.25 bits per heavy atom. The first-order chi connectivity index (χ1) is 7.90. The van der Waals surface area contributed by atoms with Gasteiger partial charge in [-0.05, 0) is 37.9 Å². The highest BCUT2D eigenvalue weighted by Crippen LogP contribution is 2.16. The second kappa shape index (κ2) is 5.80. The fraction of sp³-hybridized carbons (Fsp3) is 0.667. The molecule has 0 saturated carbocycles. The van der Waals surface area contributed by atoms with Crippen LogP contribution in [-0.2, 0) is 0 Å². The van der Waals surface area contributed by atoms with E-state index in [0.29, 0.717) is 6.04 Å². The molecule has 4 heteroatoms. The number of aromatic nitrogens is 2. The van der Waals surface area contributed by atoms with Crippen LogP contribution in [-0.4, -0.2) is 35.9 Å². The maximum absolute atomic E-state index is 4.15. The largest absolute Gasteiger partial charge is 0.355 e. The average Bonchev–Trinajstić information content (AvgIpc) is 2.38. The molecule has 1 fully saturated rings. The van der Waals surface area contributed by atoms with Gasteiger partial charge in [0, 0.05) is 25.3 Å². The van der Waals surface area contributed by atoms with Crippen molar-refractivity contribution >= 4 is 5.82 Å². The Bertz CT molecular complexity index is 293. The SMILES string of the molecule is CCCNC1CCN(c2cccnn2)CC1. The smallest absolute Gasteiger partial charge is 0.151 e. The van der Waals surface area contributed by atoms with Crippen LogP contribution >= 0.6 is 0 Å². The summed E-state index contributed by atoms with van der Waals surface area (Å²) in [7, 11) is 0. The summed E-state index contributed by atoms with van der Waals surface area (Å²) in [4.78, 5) is 2.32. The first-order valence-corrected chi connectivity index (χ1v) is 6.16. The van der Waals surface area contributed by atoms with Crippen LogP contribution in [0, 0.1) is 0 Å². The fourth-order valence-corrected chi connectivity index (χ4v) is 2.12. The number of anilines is 1. The Kier molecular flexibility index (Phi) is 4.10. The maximum atomic E-state index is 4.15. The lowest BCUT2D eigenvalue weighted by atomic mass is 10.1. The molecule has 0 aromatic carbocycles. The highest BCUT2D eigenvalue weighted by atomic mass is 15.3.